The van der Waals surface area contributed by atoms with Gasteiger partial charge in [-0.25, -0.2) is 0 Å². The highest BCUT2D eigenvalue weighted by atomic mass is 16.7. The normalized spacial score (nSPS) is 22.9. The van der Waals surface area contributed by atoms with Gasteiger partial charge in [-0.15, -0.1) is 0 Å². The molecule has 2 saturated heterocycles. The van der Waals surface area contributed by atoms with Gasteiger partial charge in [0.1, 0.15) is 5.69 Å². The second-order valence-electron chi connectivity index (χ2n) is 6.32. The number of hydrogen-bond donors (Lipinski definition) is 0. The Morgan fingerprint density at radius 3 is 2.74 bits per heavy atom. The summed E-state index contributed by atoms with van der Waals surface area (Å²) < 4.78 is 13.2. The van der Waals surface area contributed by atoms with Crippen molar-refractivity contribution in [2.45, 2.75) is 64.3 Å². The van der Waals surface area contributed by atoms with E-state index in [9.17, 15) is 4.79 Å². The number of likely N-dealkylation sites (tertiary alicyclic amines) is 1. The third kappa shape index (κ3) is 3.43. The fourth-order valence-electron chi connectivity index (χ4n) is 3.56. The summed E-state index contributed by atoms with van der Waals surface area (Å²) in [5.74, 6) is -0.00138. The van der Waals surface area contributed by atoms with Gasteiger partial charge in [-0.05, 0) is 38.2 Å². The van der Waals surface area contributed by atoms with E-state index in [0.717, 1.165) is 38.6 Å². The first-order valence-electron chi connectivity index (χ1n) is 8.84. The van der Waals surface area contributed by atoms with Crippen LogP contribution in [0, 0.1) is 0 Å². The van der Waals surface area contributed by atoms with Crippen molar-refractivity contribution >= 4 is 5.91 Å². The van der Waals surface area contributed by atoms with Gasteiger partial charge >= 0.3 is 0 Å². The lowest BCUT2D eigenvalue weighted by Gasteiger charge is -2.37. The van der Waals surface area contributed by atoms with Crippen molar-refractivity contribution in [3.05, 3.63) is 18.0 Å². The maximum absolute atomic E-state index is 12.9. The third-order valence-corrected chi connectivity index (χ3v) is 4.92. The molecule has 0 aliphatic carbocycles. The van der Waals surface area contributed by atoms with Crippen LogP contribution in [0.2, 0.25) is 0 Å². The molecule has 3 heterocycles. The lowest BCUT2D eigenvalue weighted by molar-refractivity contribution is -0.100. The van der Waals surface area contributed by atoms with Crippen LogP contribution >= 0.6 is 0 Å². The minimum absolute atomic E-state index is 0.00138. The van der Waals surface area contributed by atoms with E-state index in [1.165, 1.54) is 0 Å². The number of carbonyl (C=O) groups excluding carboxylic acids is 1. The Morgan fingerprint density at radius 2 is 2.04 bits per heavy atom. The second kappa shape index (κ2) is 7.45. The van der Waals surface area contributed by atoms with Gasteiger partial charge < -0.3 is 14.4 Å². The monoisotopic (exact) mass is 321 g/mol. The van der Waals surface area contributed by atoms with Gasteiger partial charge in [0.15, 0.2) is 6.29 Å². The van der Waals surface area contributed by atoms with Crippen molar-refractivity contribution in [1.29, 1.82) is 0 Å². The first-order valence-corrected chi connectivity index (χ1v) is 8.84. The van der Waals surface area contributed by atoms with Crippen LogP contribution in [0.4, 0.5) is 0 Å². The highest BCUT2D eigenvalue weighted by Gasteiger charge is 2.37. The highest BCUT2D eigenvalue weighted by molar-refractivity contribution is 5.92. The van der Waals surface area contributed by atoms with Gasteiger partial charge in [0.2, 0.25) is 0 Å². The van der Waals surface area contributed by atoms with E-state index in [1.54, 1.807) is 0 Å². The topological polar surface area (TPSA) is 56.6 Å². The summed E-state index contributed by atoms with van der Waals surface area (Å²) >= 11 is 0. The molecule has 0 saturated carbocycles. The van der Waals surface area contributed by atoms with E-state index in [0.29, 0.717) is 24.9 Å². The average Bonchev–Trinajstić information content (AvgIpc) is 3.27. The summed E-state index contributed by atoms with van der Waals surface area (Å²) in [4.78, 5) is 14.8. The predicted octanol–water partition coefficient (Wildman–Crippen LogP) is 2.61. The lowest BCUT2D eigenvalue weighted by atomic mass is 10.0. The number of nitrogens with zero attached hydrogens (tertiary/aromatic N) is 3. The van der Waals surface area contributed by atoms with Crippen molar-refractivity contribution in [3.8, 4) is 0 Å². The molecule has 3 rings (SSSR count). The van der Waals surface area contributed by atoms with Crippen LogP contribution in [-0.4, -0.2) is 52.7 Å². The number of carbonyl (C=O) groups is 1. The van der Waals surface area contributed by atoms with E-state index >= 15 is 0 Å². The first kappa shape index (κ1) is 16.5. The zero-order valence-electron chi connectivity index (χ0n) is 14.1. The number of hydrogen-bond acceptors (Lipinski definition) is 4. The molecule has 0 N–H and O–H groups in total. The van der Waals surface area contributed by atoms with Gasteiger partial charge in [0.05, 0.1) is 25.3 Å². The van der Waals surface area contributed by atoms with Gasteiger partial charge in [-0.2, -0.15) is 5.10 Å². The summed E-state index contributed by atoms with van der Waals surface area (Å²) in [5, 5.41) is 4.53. The van der Waals surface area contributed by atoms with Crippen LogP contribution in [0.3, 0.4) is 0 Å². The molecule has 1 aromatic rings. The molecular formula is C17H27N3O3. The van der Waals surface area contributed by atoms with Crippen molar-refractivity contribution in [3.63, 3.8) is 0 Å². The molecular weight excluding hydrogens is 294 g/mol. The largest absolute Gasteiger partial charge is 0.348 e. The number of aromatic nitrogens is 2. The van der Waals surface area contributed by atoms with Crippen LogP contribution < -0.4 is 0 Å². The zero-order chi connectivity index (χ0) is 16.2. The molecule has 1 aromatic heterocycles. The molecule has 0 bridgehead atoms. The predicted molar refractivity (Wildman–Crippen MR) is 86.2 cm³/mol. The molecule has 0 spiro atoms. The van der Waals surface area contributed by atoms with Gasteiger partial charge in [-0.1, -0.05) is 13.8 Å². The van der Waals surface area contributed by atoms with E-state index in [1.807, 2.05) is 21.8 Å². The van der Waals surface area contributed by atoms with Crippen molar-refractivity contribution in [2.24, 2.45) is 0 Å². The van der Waals surface area contributed by atoms with E-state index in [4.69, 9.17) is 9.47 Å². The molecule has 0 radical (unpaired) electrons. The second-order valence-corrected chi connectivity index (χ2v) is 6.32. The van der Waals surface area contributed by atoms with Crippen LogP contribution in [0.1, 0.15) is 62.5 Å². The number of ether oxygens (including phenoxy) is 2. The Balaban J connectivity index is 1.74. The number of rotatable bonds is 5. The summed E-state index contributed by atoms with van der Waals surface area (Å²) in [6.07, 6.45) is 6.75. The van der Waals surface area contributed by atoms with E-state index < -0.39 is 0 Å². The van der Waals surface area contributed by atoms with Gasteiger partial charge in [0, 0.05) is 12.7 Å². The van der Waals surface area contributed by atoms with Crippen LogP contribution in [0.5, 0.6) is 0 Å². The molecule has 6 heteroatoms. The molecule has 2 aliphatic heterocycles. The molecule has 23 heavy (non-hydrogen) atoms. The smallest absolute Gasteiger partial charge is 0.274 e. The lowest BCUT2D eigenvalue weighted by Crippen LogP contribution is -2.50. The Bertz CT molecular complexity index is 521. The van der Waals surface area contributed by atoms with Crippen LogP contribution in [-0.2, 0) is 9.47 Å². The number of piperidine rings is 1. The van der Waals surface area contributed by atoms with Gasteiger partial charge in [0.25, 0.3) is 5.91 Å². The van der Waals surface area contributed by atoms with E-state index in [-0.39, 0.29) is 18.2 Å². The summed E-state index contributed by atoms with van der Waals surface area (Å²) in [6, 6.07) is 2.20. The first-order chi connectivity index (χ1) is 11.2. The Morgan fingerprint density at radius 1 is 1.30 bits per heavy atom. The fraction of sp³-hybridized carbons (Fsp3) is 0.765. The van der Waals surface area contributed by atoms with Crippen LogP contribution in [0.15, 0.2) is 12.3 Å². The van der Waals surface area contributed by atoms with Crippen LogP contribution in [0.25, 0.3) is 0 Å². The SMILES string of the molecule is CCC(CC)n1ccc(C(=O)N2CCCCC2C2OCCO2)n1. The molecule has 6 nitrogen and oxygen atoms in total. The highest BCUT2D eigenvalue weighted by Crippen LogP contribution is 2.26. The zero-order valence-corrected chi connectivity index (χ0v) is 14.1. The van der Waals surface area contributed by atoms with Crippen molar-refractivity contribution in [2.75, 3.05) is 19.8 Å². The Hall–Kier alpha value is -1.40. The van der Waals surface area contributed by atoms with E-state index in [2.05, 4.69) is 18.9 Å². The number of amides is 1. The maximum Gasteiger partial charge on any atom is 0.274 e. The molecule has 2 fully saturated rings. The molecule has 1 amide bonds. The minimum Gasteiger partial charge on any atom is -0.348 e. The molecule has 1 atom stereocenters. The maximum atomic E-state index is 12.9. The fourth-order valence-corrected chi connectivity index (χ4v) is 3.56. The minimum atomic E-state index is -0.277. The standard InChI is InChI=1S/C17H27N3O3/c1-3-13(4-2)20-10-8-14(18-20)16(21)19-9-6-5-7-15(19)17-22-11-12-23-17/h8,10,13,15,17H,3-7,9,11-12H2,1-2H3. The summed E-state index contributed by atoms with van der Waals surface area (Å²) in [7, 11) is 0. The van der Waals surface area contributed by atoms with Crippen molar-refractivity contribution < 1.29 is 14.3 Å². The van der Waals surface area contributed by atoms with Gasteiger partial charge in [-0.3, -0.25) is 9.48 Å². The third-order valence-electron chi connectivity index (χ3n) is 4.92. The van der Waals surface area contributed by atoms with Crippen molar-refractivity contribution in [1.82, 2.24) is 14.7 Å². The summed E-state index contributed by atoms with van der Waals surface area (Å²) in [6.45, 7) is 6.28. The molecule has 0 aromatic carbocycles. The Labute approximate surface area is 137 Å². The molecule has 128 valence electrons. The Kier molecular flexibility index (Phi) is 5.33. The average molecular weight is 321 g/mol. The molecule has 2 aliphatic rings. The summed E-state index contributed by atoms with van der Waals surface area (Å²) in [5.41, 5.74) is 0.529. The quantitative estimate of drug-likeness (QED) is 0.836. The molecule has 1 unspecified atom stereocenters.